The van der Waals surface area contributed by atoms with Gasteiger partial charge in [-0.2, -0.15) is 0 Å². The summed E-state index contributed by atoms with van der Waals surface area (Å²) < 4.78 is 0. The summed E-state index contributed by atoms with van der Waals surface area (Å²) in [6.07, 6.45) is 4.37. The molecule has 102 valence electrons. The molecule has 4 heteroatoms. The Bertz CT molecular complexity index is 447. The van der Waals surface area contributed by atoms with Gasteiger partial charge in [-0.15, -0.1) is 0 Å². The summed E-state index contributed by atoms with van der Waals surface area (Å²) in [6, 6.07) is 10.2. The molecule has 2 atom stereocenters. The van der Waals surface area contributed by atoms with Gasteiger partial charge < -0.3 is 11.1 Å². The molecule has 3 nitrogen and oxygen atoms in total. The molecule has 3 N–H and O–H groups in total. The second-order valence-corrected chi connectivity index (χ2v) is 5.57. The minimum atomic E-state index is 0.0944. The molecule has 1 amide bonds. The highest BCUT2D eigenvalue weighted by Crippen LogP contribution is 2.26. The highest BCUT2D eigenvalue weighted by Gasteiger charge is 2.30. The monoisotopic (exact) mass is 276 g/mol. The Kier molecular flexibility index (Phi) is 4.91. The summed E-state index contributed by atoms with van der Waals surface area (Å²) >= 11 is 5.05. The van der Waals surface area contributed by atoms with Gasteiger partial charge in [-0.25, -0.2) is 0 Å². The molecule has 0 bridgehead atoms. The largest absolute Gasteiger partial charge is 0.393 e. The van der Waals surface area contributed by atoms with Crippen LogP contribution in [0.1, 0.15) is 31.2 Å². The molecule has 1 aliphatic rings. The Hall–Kier alpha value is -1.42. The number of carbonyl (C=O) groups excluding carboxylic acids is 1. The molecular formula is C15H20N2OS. The Morgan fingerprint density at radius 1 is 1.32 bits per heavy atom. The Labute approximate surface area is 119 Å². The third-order valence-electron chi connectivity index (χ3n) is 3.71. The van der Waals surface area contributed by atoms with E-state index >= 15 is 0 Å². The second-order valence-electron chi connectivity index (χ2n) is 5.10. The molecule has 0 aliphatic heterocycles. The smallest absolute Gasteiger partial charge is 0.220 e. The summed E-state index contributed by atoms with van der Waals surface area (Å²) in [6.45, 7) is 0. The Balaban J connectivity index is 1.80. The first kappa shape index (κ1) is 14.0. The van der Waals surface area contributed by atoms with Crippen molar-refractivity contribution >= 4 is 23.1 Å². The van der Waals surface area contributed by atoms with E-state index in [1.165, 1.54) is 5.56 Å². The topological polar surface area (TPSA) is 55.1 Å². The SMILES string of the molecule is NC(=S)C1CCCC1NC(=O)CCc1ccccc1. The van der Waals surface area contributed by atoms with Crippen molar-refractivity contribution in [3.8, 4) is 0 Å². The molecule has 1 fully saturated rings. The zero-order valence-corrected chi connectivity index (χ0v) is 11.8. The number of amides is 1. The number of hydrogen-bond acceptors (Lipinski definition) is 2. The number of nitrogens with one attached hydrogen (secondary N) is 1. The zero-order chi connectivity index (χ0) is 13.7. The van der Waals surface area contributed by atoms with E-state index in [4.69, 9.17) is 18.0 Å². The van der Waals surface area contributed by atoms with Crippen LogP contribution in [0.5, 0.6) is 0 Å². The highest BCUT2D eigenvalue weighted by molar-refractivity contribution is 7.80. The number of rotatable bonds is 5. The molecule has 19 heavy (non-hydrogen) atoms. The van der Waals surface area contributed by atoms with Crippen LogP contribution in [0.25, 0.3) is 0 Å². The fourth-order valence-electron chi connectivity index (χ4n) is 2.65. The molecule has 0 heterocycles. The predicted molar refractivity (Wildman–Crippen MR) is 80.8 cm³/mol. The maximum atomic E-state index is 11.9. The van der Waals surface area contributed by atoms with Crippen molar-refractivity contribution in [3.05, 3.63) is 35.9 Å². The Morgan fingerprint density at radius 3 is 2.74 bits per heavy atom. The van der Waals surface area contributed by atoms with Crippen molar-refractivity contribution in [2.75, 3.05) is 0 Å². The number of aryl methyl sites for hydroxylation is 1. The molecule has 2 unspecified atom stereocenters. The fraction of sp³-hybridized carbons (Fsp3) is 0.467. The van der Waals surface area contributed by atoms with E-state index in [0.29, 0.717) is 11.4 Å². The van der Waals surface area contributed by atoms with Crippen molar-refractivity contribution in [2.45, 2.75) is 38.1 Å². The molecule has 0 saturated heterocycles. The summed E-state index contributed by atoms with van der Waals surface area (Å²) in [4.78, 5) is 12.5. The molecule has 1 aliphatic carbocycles. The van der Waals surface area contributed by atoms with Gasteiger partial charge in [0.05, 0.1) is 4.99 Å². The van der Waals surface area contributed by atoms with Gasteiger partial charge in [0.2, 0.25) is 5.91 Å². The van der Waals surface area contributed by atoms with Crippen LogP contribution in [0.3, 0.4) is 0 Å². The number of thiocarbonyl (C=S) groups is 1. The highest BCUT2D eigenvalue weighted by atomic mass is 32.1. The van der Waals surface area contributed by atoms with E-state index in [2.05, 4.69) is 5.32 Å². The predicted octanol–water partition coefficient (Wildman–Crippen LogP) is 2.19. The minimum Gasteiger partial charge on any atom is -0.393 e. The van der Waals surface area contributed by atoms with Gasteiger partial charge in [-0.05, 0) is 24.8 Å². The minimum absolute atomic E-state index is 0.0944. The van der Waals surface area contributed by atoms with Crippen LogP contribution in [0.15, 0.2) is 30.3 Å². The van der Waals surface area contributed by atoms with Crippen molar-refractivity contribution < 1.29 is 4.79 Å². The third-order valence-corrected chi connectivity index (χ3v) is 4.01. The molecule has 0 radical (unpaired) electrons. The van der Waals surface area contributed by atoms with Crippen molar-refractivity contribution in [1.29, 1.82) is 0 Å². The van der Waals surface area contributed by atoms with Gasteiger partial charge in [0.15, 0.2) is 0 Å². The second kappa shape index (κ2) is 6.66. The van der Waals surface area contributed by atoms with E-state index in [0.717, 1.165) is 25.7 Å². The van der Waals surface area contributed by atoms with Crippen molar-refractivity contribution in [2.24, 2.45) is 11.7 Å². The Morgan fingerprint density at radius 2 is 2.05 bits per heavy atom. The van der Waals surface area contributed by atoms with Crippen LogP contribution < -0.4 is 11.1 Å². The van der Waals surface area contributed by atoms with E-state index < -0.39 is 0 Å². The molecule has 2 rings (SSSR count). The van der Waals surface area contributed by atoms with Crippen LogP contribution in [-0.2, 0) is 11.2 Å². The van der Waals surface area contributed by atoms with Gasteiger partial charge in [0, 0.05) is 18.4 Å². The first-order chi connectivity index (χ1) is 9.16. The summed E-state index contributed by atoms with van der Waals surface area (Å²) in [7, 11) is 0. The average molecular weight is 276 g/mol. The van der Waals surface area contributed by atoms with E-state index in [1.54, 1.807) is 0 Å². The van der Waals surface area contributed by atoms with Crippen molar-refractivity contribution in [3.63, 3.8) is 0 Å². The first-order valence-electron chi connectivity index (χ1n) is 6.79. The van der Waals surface area contributed by atoms with Gasteiger partial charge in [0.1, 0.15) is 0 Å². The van der Waals surface area contributed by atoms with Crippen molar-refractivity contribution in [1.82, 2.24) is 5.32 Å². The summed E-state index contributed by atoms with van der Waals surface area (Å²) in [5.74, 6) is 0.271. The lowest BCUT2D eigenvalue weighted by Crippen LogP contribution is -2.41. The number of hydrogen-bond donors (Lipinski definition) is 2. The van der Waals surface area contributed by atoms with Gasteiger partial charge >= 0.3 is 0 Å². The lowest BCUT2D eigenvalue weighted by atomic mass is 10.0. The van der Waals surface area contributed by atoms with E-state index in [1.807, 2.05) is 30.3 Å². The van der Waals surface area contributed by atoms with Gasteiger partial charge in [-0.3, -0.25) is 4.79 Å². The van der Waals surface area contributed by atoms with Gasteiger partial charge in [0.25, 0.3) is 0 Å². The normalized spacial score (nSPS) is 22.1. The maximum absolute atomic E-state index is 11.9. The fourth-order valence-corrected chi connectivity index (χ4v) is 2.94. The van der Waals surface area contributed by atoms with Crippen LogP contribution >= 0.6 is 12.2 Å². The van der Waals surface area contributed by atoms with Crippen LogP contribution in [0, 0.1) is 5.92 Å². The number of benzene rings is 1. The van der Waals surface area contributed by atoms with E-state index in [9.17, 15) is 4.79 Å². The van der Waals surface area contributed by atoms with E-state index in [-0.39, 0.29) is 17.9 Å². The third kappa shape index (κ3) is 4.03. The molecule has 1 saturated carbocycles. The summed E-state index contributed by atoms with van der Waals surface area (Å²) in [5, 5.41) is 3.07. The van der Waals surface area contributed by atoms with Crippen LogP contribution in [-0.4, -0.2) is 16.9 Å². The number of carbonyl (C=O) groups is 1. The lowest BCUT2D eigenvalue weighted by Gasteiger charge is -2.19. The molecule has 1 aromatic rings. The first-order valence-corrected chi connectivity index (χ1v) is 7.20. The quantitative estimate of drug-likeness (QED) is 0.811. The molecule has 0 spiro atoms. The molecule has 0 aromatic heterocycles. The number of nitrogens with two attached hydrogens (primary N) is 1. The average Bonchev–Trinajstić information content (AvgIpc) is 2.86. The summed E-state index contributed by atoms with van der Waals surface area (Å²) in [5.41, 5.74) is 6.90. The van der Waals surface area contributed by atoms with Crippen LogP contribution in [0.4, 0.5) is 0 Å². The lowest BCUT2D eigenvalue weighted by molar-refractivity contribution is -0.121. The molecular weight excluding hydrogens is 256 g/mol. The van der Waals surface area contributed by atoms with Crippen LogP contribution in [0.2, 0.25) is 0 Å². The maximum Gasteiger partial charge on any atom is 0.220 e. The zero-order valence-electron chi connectivity index (χ0n) is 11.0. The standard InChI is InChI=1S/C15H20N2OS/c16-15(19)12-7-4-8-13(12)17-14(18)10-9-11-5-2-1-3-6-11/h1-3,5-6,12-13H,4,7-10H2,(H2,16,19)(H,17,18). The molecule has 1 aromatic carbocycles. The van der Waals surface area contributed by atoms with Gasteiger partial charge in [-0.1, -0.05) is 49.0 Å².